The molecule has 1 spiro atoms. The molecule has 190 valence electrons. The lowest BCUT2D eigenvalue weighted by Crippen LogP contribution is -2.53. The molecule has 6 rings (SSSR count). The third-order valence-corrected chi connectivity index (χ3v) is 8.33. The third-order valence-electron chi connectivity index (χ3n) is 8.33. The number of likely N-dealkylation sites (N-methyl/N-ethyl adjacent to an activating group) is 1. The lowest BCUT2D eigenvalue weighted by molar-refractivity contribution is -0.129. The summed E-state index contributed by atoms with van der Waals surface area (Å²) in [6, 6.07) is 31.5. The van der Waals surface area contributed by atoms with E-state index in [1.54, 1.807) is 12.1 Å². The highest BCUT2D eigenvalue weighted by Crippen LogP contribution is 2.57. The standard InChI is InChI=1S/C33H29FN2O2/c1-22-10-6-7-13-25(22)20-36-29-15-9-8-14-28(29)33(32(36)38)30(31(37)24-11-4-3-5-12-24)27(21-35(33)2)23-16-18-26(34)19-17-23/h3-19,27,30H,20-21H2,1-2H3/t27-,30-,33+/m1/s1. The van der Waals surface area contributed by atoms with E-state index in [1.165, 1.54) is 12.1 Å². The maximum atomic E-state index is 14.8. The second-order valence-electron chi connectivity index (χ2n) is 10.3. The van der Waals surface area contributed by atoms with E-state index in [4.69, 9.17) is 0 Å². The van der Waals surface area contributed by atoms with E-state index in [2.05, 4.69) is 0 Å². The van der Waals surface area contributed by atoms with Gasteiger partial charge in [-0.05, 0) is 48.9 Å². The molecule has 0 aromatic heterocycles. The molecule has 0 bridgehead atoms. The molecule has 38 heavy (non-hydrogen) atoms. The number of anilines is 1. The summed E-state index contributed by atoms with van der Waals surface area (Å²) in [6.45, 7) is 2.96. The number of likely N-dealkylation sites (tertiary alicyclic amines) is 1. The van der Waals surface area contributed by atoms with Gasteiger partial charge in [0.2, 0.25) is 0 Å². The molecule has 4 nitrogen and oxygen atoms in total. The van der Waals surface area contributed by atoms with Crippen molar-refractivity contribution < 1.29 is 14.0 Å². The van der Waals surface area contributed by atoms with E-state index in [1.807, 2.05) is 103 Å². The molecule has 4 aromatic carbocycles. The summed E-state index contributed by atoms with van der Waals surface area (Å²) >= 11 is 0. The van der Waals surface area contributed by atoms with Crippen molar-refractivity contribution in [3.63, 3.8) is 0 Å². The van der Waals surface area contributed by atoms with Gasteiger partial charge in [-0.15, -0.1) is 0 Å². The summed E-state index contributed by atoms with van der Waals surface area (Å²) in [5.41, 5.74) is 4.10. The first-order chi connectivity index (χ1) is 18.4. The van der Waals surface area contributed by atoms with Crippen molar-refractivity contribution in [2.75, 3.05) is 18.5 Å². The molecule has 0 unspecified atom stereocenters. The molecule has 5 heteroatoms. The summed E-state index contributed by atoms with van der Waals surface area (Å²) in [6.07, 6.45) is 0. The van der Waals surface area contributed by atoms with Crippen molar-refractivity contribution in [2.24, 2.45) is 5.92 Å². The number of ketones is 1. The largest absolute Gasteiger partial charge is 0.306 e. The van der Waals surface area contributed by atoms with Gasteiger partial charge in [-0.25, -0.2) is 4.39 Å². The van der Waals surface area contributed by atoms with E-state index in [0.29, 0.717) is 18.7 Å². The Balaban J connectivity index is 1.54. The van der Waals surface area contributed by atoms with Crippen molar-refractivity contribution in [1.29, 1.82) is 0 Å². The van der Waals surface area contributed by atoms with E-state index in [-0.39, 0.29) is 23.4 Å². The average molecular weight is 505 g/mol. The number of nitrogens with zero attached hydrogens (tertiary/aromatic N) is 2. The molecule has 4 aromatic rings. The molecule has 1 fully saturated rings. The first-order valence-corrected chi connectivity index (χ1v) is 12.9. The fourth-order valence-corrected chi connectivity index (χ4v) is 6.48. The van der Waals surface area contributed by atoms with Crippen molar-refractivity contribution in [2.45, 2.75) is 24.9 Å². The first-order valence-electron chi connectivity index (χ1n) is 12.9. The number of Topliss-reactive ketones (excluding diaryl/α,β-unsaturated/α-hetero) is 1. The van der Waals surface area contributed by atoms with E-state index >= 15 is 0 Å². The van der Waals surface area contributed by atoms with E-state index < -0.39 is 11.5 Å². The van der Waals surface area contributed by atoms with Crippen LogP contribution >= 0.6 is 0 Å². The second-order valence-corrected chi connectivity index (χ2v) is 10.3. The highest BCUT2D eigenvalue weighted by Gasteiger charge is 2.66. The third kappa shape index (κ3) is 3.61. The number of carbonyl (C=O) groups is 2. The number of para-hydroxylation sites is 1. The van der Waals surface area contributed by atoms with Crippen LogP contribution in [0.4, 0.5) is 10.1 Å². The Labute approximate surface area is 222 Å². The minimum absolute atomic E-state index is 0.0785. The van der Waals surface area contributed by atoms with Crippen LogP contribution in [0.15, 0.2) is 103 Å². The average Bonchev–Trinajstić information content (AvgIpc) is 3.38. The number of amides is 1. The molecule has 1 saturated heterocycles. The second kappa shape index (κ2) is 9.34. The highest BCUT2D eigenvalue weighted by atomic mass is 19.1. The maximum absolute atomic E-state index is 14.8. The molecular formula is C33H29FN2O2. The Bertz CT molecular complexity index is 1520. The number of aryl methyl sites for hydroxylation is 1. The smallest absolute Gasteiger partial charge is 0.253 e. The van der Waals surface area contributed by atoms with Crippen LogP contribution in [0.2, 0.25) is 0 Å². The van der Waals surface area contributed by atoms with Crippen LogP contribution in [0.25, 0.3) is 0 Å². The predicted octanol–water partition coefficient (Wildman–Crippen LogP) is 6.10. The zero-order valence-corrected chi connectivity index (χ0v) is 21.5. The Kier molecular flexibility index (Phi) is 5.96. The topological polar surface area (TPSA) is 40.6 Å². The molecule has 0 aliphatic carbocycles. The Morgan fingerprint density at radius 1 is 0.895 bits per heavy atom. The van der Waals surface area contributed by atoms with Crippen LogP contribution in [0.3, 0.4) is 0 Å². The molecule has 2 aliphatic rings. The number of fused-ring (bicyclic) bond motifs is 2. The normalized spacial score (nSPS) is 22.7. The minimum Gasteiger partial charge on any atom is -0.306 e. The molecule has 0 N–H and O–H groups in total. The van der Waals surface area contributed by atoms with Crippen molar-refractivity contribution in [3.8, 4) is 0 Å². The number of hydrogen-bond donors (Lipinski definition) is 0. The van der Waals surface area contributed by atoms with Gasteiger partial charge in [-0.3, -0.25) is 14.5 Å². The van der Waals surface area contributed by atoms with Gasteiger partial charge in [0.1, 0.15) is 11.4 Å². The summed E-state index contributed by atoms with van der Waals surface area (Å²) < 4.78 is 13.9. The maximum Gasteiger partial charge on any atom is 0.253 e. The van der Waals surface area contributed by atoms with Crippen molar-refractivity contribution in [3.05, 3.63) is 137 Å². The van der Waals surface area contributed by atoms with Crippen LogP contribution < -0.4 is 4.90 Å². The van der Waals surface area contributed by atoms with Gasteiger partial charge in [0.05, 0.1) is 12.5 Å². The van der Waals surface area contributed by atoms with Crippen LogP contribution in [-0.2, 0) is 16.9 Å². The lowest BCUT2D eigenvalue weighted by Gasteiger charge is -2.36. The Morgan fingerprint density at radius 3 is 2.29 bits per heavy atom. The molecule has 0 saturated carbocycles. The number of carbonyl (C=O) groups excluding carboxylic acids is 2. The fraction of sp³-hybridized carbons (Fsp3) is 0.212. The van der Waals surface area contributed by atoms with Gasteiger partial charge < -0.3 is 4.90 Å². The van der Waals surface area contributed by atoms with Gasteiger partial charge >= 0.3 is 0 Å². The zero-order valence-electron chi connectivity index (χ0n) is 21.5. The quantitative estimate of drug-likeness (QED) is 0.308. The van der Waals surface area contributed by atoms with Crippen LogP contribution in [0, 0.1) is 18.7 Å². The Morgan fingerprint density at radius 2 is 1.55 bits per heavy atom. The SMILES string of the molecule is Cc1ccccc1CN1C(=O)[C@]2(c3ccccc31)[C@@H](C(=O)c1ccccc1)[C@@H](c1ccc(F)cc1)CN2C. The van der Waals surface area contributed by atoms with Gasteiger partial charge in [0.25, 0.3) is 5.91 Å². The van der Waals surface area contributed by atoms with Crippen LogP contribution in [0.1, 0.15) is 38.5 Å². The molecule has 3 atom stereocenters. The molecule has 0 radical (unpaired) electrons. The highest BCUT2D eigenvalue weighted by molar-refractivity contribution is 6.13. The summed E-state index contributed by atoms with van der Waals surface area (Å²) in [4.78, 5) is 33.1. The molecule has 1 amide bonds. The number of hydrogen-bond acceptors (Lipinski definition) is 3. The minimum atomic E-state index is -1.18. The van der Waals surface area contributed by atoms with Gasteiger partial charge in [0.15, 0.2) is 5.78 Å². The molecule has 2 heterocycles. The first kappa shape index (κ1) is 24.3. The van der Waals surface area contributed by atoms with E-state index in [9.17, 15) is 14.0 Å². The zero-order chi connectivity index (χ0) is 26.4. The van der Waals surface area contributed by atoms with Crippen molar-refractivity contribution in [1.82, 2.24) is 4.90 Å². The monoisotopic (exact) mass is 504 g/mol. The fourth-order valence-electron chi connectivity index (χ4n) is 6.48. The van der Waals surface area contributed by atoms with Crippen molar-refractivity contribution >= 4 is 17.4 Å². The molecule has 2 aliphatic heterocycles. The molecular weight excluding hydrogens is 475 g/mol. The van der Waals surface area contributed by atoms with Crippen LogP contribution in [-0.4, -0.2) is 30.2 Å². The summed E-state index contributed by atoms with van der Waals surface area (Å²) in [5.74, 6) is -1.47. The summed E-state index contributed by atoms with van der Waals surface area (Å²) in [5, 5.41) is 0. The summed E-state index contributed by atoms with van der Waals surface area (Å²) in [7, 11) is 1.93. The predicted molar refractivity (Wildman–Crippen MR) is 147 cm³/mol. The van der Waals surface area contributed by atoms with E-state index in [0.717, 1.165) is 27.9 Å². The van der Waals surface area contributed by atoms with Crippen LogP contribution in [0.5, 0.6) is 0 Å². The van der Waals surface area contributed by atoms with Gasteiger partial charge in [-0.2, -0.15) is 0 Å². The number of halogens is 1. The van der Waals surface area contributed by atoms with Gasteiger partial charge in [-0.1, -0.05) is 84.9 Å². The number of rotatable bonds is 5. The Hall–Kier alpha value is -4.09. The lowest BCUT2D eigenvalue weighted by atomic mass is 9.70. The van der Waals surface area contributed by atoms with Gasteiger partial charge in [0, 0.05) is 29.3 Å². The number of benzene rings is 4.